The number of hydrogen-bond acceptors (Lipinski definition) is 2. The molecule has 1 N–H and O–H groups in total. The van der Waals surface area contributed by atoms with E-state index < -0.39 is 0 Å². The normalized spacial score (nSPS) is 10.3. The second-order valence-electron chi connectivity index (χ2n) is 4.28. The van der Waals surface area contributed by atoms with Gasteiger partial charge in [0.25, 0.3) is 0 Å². The molecule has 0 fully saturated rings. The first-order valence-corrected chi connectivity index (χ1v) is 8.14. The van der Waals surface area contributed by atoms with Gasteiger partial charge in [-0.2, -0.15) is 0 Å². The van der Waals surface area contributed by atoms with Crippen LogP contribution in [-0.2, 0) is 4.79 Å². The number of rotatable bonds is 4. The van der Waals surface area contributed by atoms with Gasteiger partial charge in [-0.05, 0) is 53.2 Å². The number of benzene rings is 2. The fraction of sp³-hybridized carbons (Fsp3) is 0.133. The molecule has 0 saturated heterocycles. The highest BCUT2D eigenvalue weighted by Gasteiger charge is 2.05. The number of anilines is 1. The standard InChI is InChI=1S/C15H13BrClNOS/c1-10-2-5-12(6-3-10)20-9-15(19)18-11-4-7-14(17)13(16)8-11/h2-8H,9H2,1H3,(H,18,19). The van der Waals surface area contributed by atoms with Gasteiger partial charge in [-0.15, -0.1) is 11.8 Å². The summed E-state index contributed by atoms with van der Waals surface area (Å²) in [5, 5.41) is 3.47. The number of thioether (sulfide) groups is 1. The molecule has 0 spiro atoms. The Kier molecular flexibility index (Phi) is 5.52. The molecule has 2 rings (SSSR count). The van der Waals surface area contributed by atoms with Crippen LogP contribution in [0.4, 0.5) is 5.69 Å². The van der Waals surface area contributed by atoms with Crippen LogP contribution in [0.5, 0.6) is 0 Å². The van der Waals surface area contributed by atoms with Crippen LogP contribution in [0, 0.1) is 6.92 Å². The lowest BCUT2D eigenvalue weighted by atomic mass is 10.2. The molecule has 104 valence electrons. The van der Waals surface area contributed by atoms with Crippen LogP contribution < -0.4 is 5.32 Å². The smallest absolute Gasteiger partial charge is 0.234 e. The lowest BCUT2D eigenvalue weighted by molar-refractivity contribution is -0.113. The molecule has 5 heteroatoms. The van der Waals surface area contributed by atoms with Gasteiger partial charge in [0.05, 0.1) is 10.8 Å². The fourth-order valence-electron chi connectivity index (χ4n) is 1.55. The minimum absolute atomic E-state index is 0.0372. The number of halogens is 2. The highest BCUT2D eigenvalue weighted by Crippen LogP contribution is 2.26. The van der Waals surface area contributed by atoms with Gasteiger partial charge in [0, 0.05) is 15.1 Å². The van der Waals surface area contributed by atoms with Crippen molar-refractivity contribution < 1.29 is 4.79 Å². The summed E-state index contributed by atoms with van der Waals surface area (Å²) in [7, 11) is 0. The molecular formula is C15H13BrClNOS. The fourth-order valence-corrected chi connectivity index (χ4v) is 2.75. The topological polar surface area (TPSA) is 29.1 Å². The summed E-state index contributed by atoms with van der Waals surface area (Å²) in [5.74, 6) is 0.341. The van der Waals surface area contributed by atoms with Crippen LogP contribution in [0.25, 0.3) is 0 Å². The monoisotopic (exact) mass is 369 g/mol. The Hall–Kier alpha value is -0.970. The predicted molar refractivity (Wildman–Crippen MR) is 89.7 cm³/mol. The highest BCUT2D eigenvalue weighted by atomic mass is 79.9. The van der Waals surface area contributed by atoms with Crippen LogP contribution in [0.1, 0.15) is 5.56 Å². The van der Waals surface area contributed by atoms with Gasteiger partial charge in [0.1, 0.15) is 0 Å². The van der Waals surface area contributed by atoms with E-state index in [2.05, 4.69) is 21.2 Å². The van der Waals surface area contributed by atoms with Gasteiger partial charge in [-0.25, -0.2) is 0 Å². The van der Waals surface area contributed by atoms with Crippen molar-refractivity contribution in [1.82, 2.24) is 0 Å². The van der Waals surface area contributed by atoms with E-state index in [1.807, 2.05) is 31.2 Å². The molecule has 2 aromatic carbocycles. The number of aryl methyl sites for hydroxylation is 1. The van der Waals surface area contributed by atoms with E-state index in [0.29, 0.717) is 10.8 Å². The summed E-state index contributed by atoms with van der Waals surface area (Å²) >= 11 is 10.8. The van der Waals surface area contributed by atoms with E-state index in [9.17, 15) is 4.79 Å². The van der Waals surface area contributed by atoms with E-state index in [1.165, 1.54) is 17.3 Å². The summed E-state index contributed by atoms with van der Waals surface area (Å²) < 4.78 is 0.767. The Morgan fingerprint density at radius 2 is 1.95 bits per heavy atom. The summed E-state index contributed by atoms with van der Waals surface area (Å²) in [6, 6.07) is 13.4. The van der Waals surface area contributed by atoms with Gasteiger partial charge in [-0.1, -0.05) is 29.3 Å². The molecule has 0 aliphatic carbocycles. The van der Waals surface area contributed by atoms with Gasteiger partial charge in [0.15, 0.2) is 0 Å². The number of carbonyl (C=O) groups is 1. The number of nitrogens with one attached hydrogen (secondary N) is 1. The largest absolute Gasteiger partial charge is 0.325 e. The lowest BCUT2D eigenvalue weighted by Gasteiger charge is -2.06. The second-order valence-corrected chi connectivity index (χ2v) is 6.59. The zero-order valence-corrected chi connectivity index (χ0v) is 14.0. The zero-order valence-electron chi connectivity index (χ0n) is 10.8. The van der Waals surface area contributed by atoms with Crippen molar-refractivity contribution in [3.8, 4) is 0 Å². The van der Waals surface area contributed by atoms with Crippen molar-refractivity contribution in [1.29, 1.82) is 0 Å². The van der Waals surface area contributed by atoms with Crippen LogP contribution in [-0.4, -0.2) is 11.7 Å². The van der Waals surface area contributed by atoms with Crippen molar-refractivity contribution in [3.63, 3.8) is 0 Å². The third kappa shape index (κ3) is 4.54. The van der Waals surface area contributed by atoms with Crippen LogP contribution in [0.2, 0.25) is 5.02 Å². The molecule has 0 radical (unpaired) electrons. The van der Waals surface area contributed by atoms with E-state index in [-0.39, 0.29) is 5.91 Å². The molecule has 20 heavy (non-hydrogen) atoms. The van der Waals surface area contributed by atoms with Crippen molar-refractivity contribution >= 4 is 50.9 Å². The Morgan fingerprint density at radius 1 is 1.25 bits per heavy atom. The van der Waals surface area contributed by atoms with E-state index in [4.69, 9.17) is 11.6 Å². The van der Waals surface area contributed by atoms with Crippen LogP contribution in [0.3, 0.4) is 0 Å². The maximum atomic E-state index is 11.9. The second kappa shape index (κ2) is 7.16. The van der Waals surface area contributed by atoms with E-state index in [1.54, 1.807) is 18.2 Å². The maximum Gasteiger partial charge on any atom is 0.234 e. The first-order valence-electron chi connectivity index (χ1n) is 5.99. The molecule has 1 amide bonds. The number of amides is 1. The Labute approximate surface area is 136 Å². The zero-order chi connectivity index (χ0) is 14.5. The molecule has 0 aliphatic rings. The Bertz CT molecular complexity index is 616. The minimum atomic E-state index is -0.0372. The summed E-state index contributed by atoms with van der Waals surface area (Å²) in [4.78, 5) is 13.0. The summed E-state index contributed by atoms with van der Waals surface area (Å²) in [6.07, 6.45) is 0. The Morgan fingerprint density at radius 3 is 2.60 bits per heavy atom. The minimum Gasteiger partial charge on any atom is -0.325 e. The van der Waals surface area contributed by atoms with E-state index in [0.717, 1.165) is 15.1 Å². The van der Waals surface area contributed by atoms with E-state index >= 15 is 0 Å². The molecular weight excluding hydrogens is 358 g/mol. The maximum absolute atomic E-state index is 11.9. The lowest BCUT2D eigenvalue weighted by Crippen LogP contribution is -2.13. The van der Waals surface area contributed by atoms with Gasteiger partial charge in [0.2, 0.25) is 5.91 Å². The molecule has 0 aromatic heterocycles. The molecule has 0 aliphatic heterocycles. The van der Waals surface area contributed by atoms with Crippen molar-refractivity contribution in [2.24, 2.45) is 0 Å². The molecule has 0 heterocycles. The van der Waals surface area contributed by atoms with Crippen LogP contribution in [0.15, 0.2) is 51.8 Å². The van der Waals surface area contributed by atoms with Gasteiger partial charge < -0.3 is 5.32 Å². The highest BCUT2D eigenvalue weighted by molar-refractivity contribution is 9.10. The Balaban J connectivity index is 1.89. The number of carbonyl (C=O) groups excluding carboxylic acids is 1. The van der Waals surface area contributed by atoms with Crippen LogP contribution >= 0.6 is 39.3 Å². The predicted octanol–water partition coefficient (Wildman–Crippen LogP) is 5.14. The quantitative estimate of drug-likeness (QED) is 0.755. The number of hydrogen-bond donors (Lipinski definition) is 1. The summed E-state index contributed by atoms with van der Waals surface area (Å²) in [6.45, 7) is 2.04. The first kappa shape index (κ1) is 15.4. The molecule has 0 atom stereocenters. The molecule has 2 aromatic rings. The third-order valence-corrected chi connectivity index (χ3v) is 4.82. The van der Waals surface area contributed by atoms with Crippen molar-refractivity contribution in [2.45, 2.75) is 11.8 Å². The molecule has 0 bridgehead atoms. The van der Waals surface area contributed by atoms with Crippen molar-refractivity contribution in [2.75, 3.05) is 11.1 Å². The average molecular weight is 371 g/mol. The first-order chi connectivity index (χ1) is 9.54. The van der Waals surface area contributed by atoms with Gasteiger partial charge >= 0.3 is 0 Å². The SMILES string of the molecule is Cc1ccc(SCC(=O)Nc2ccc(Cl)c(Br)c2)cc1. The molecule has 2 nitrogen and oxygen atoms in total. The van der Waals surface area contributed by atoms with Gasteiger partial charge in [-0.3, -0.25) is 4.79 Å². The third-order valence-electron chi connectivity index (χ3n) is 2.59. The van der Waals surface area contributed by atoms with Crippen molar-refractivity contribution in [3.05, 3.63) is 57.5 Å². The molecule has 0 unspecified atom stereocenters. The average Bonchev–Trinajstić information content (AvgIpc) is 2.42. The molecule has 0 saturated carbocycles. The summed E-state index contributed by atoms with van der Waals surface area (Å²) in [5.41, 5.74) is 1.94.